The molecule has 0 fully saturated rings. The Balaban J connectivity index is 0.00000323. The second-order valence-electron chi connectivity index (χ2n) is 12.2. The zero-order valence-corrected chi connectivity index (χ0v) is 32.3. The summed E-state index contributed by atoms with van der Waals surface area (Å²) < 4.78 is 1.45. The largest absolute Gasteiger partial charge is 1.00 e. The van der Waals surface area contributed by atoms with E-state index < -0.39 is 0 Å². The Morgan fingerprint density at radius 3 is 1.26 bits per heavy atom. The van der Waals surface area contributed by atoms with Gasteiger partial charge in [0, 0.05) is 0 Å². The van der Waals surface area contributed by atoms with Crippen LogP contribution in [0.1, 0.15) is 135 Å². The molecule has 0 spiro atoms. The van der Waals surface area contributed by atoms with Gasteiger partial charge in [-0.25, -0.2) is 0 Å². The Labute approximate surface area is 289 Å². The molecule has 0 aromatic heterocycles. The number of rotatable bonds is 20. The van der Waals surface area contributed by atoms with Crippen molar-refractivity contribution in [1.29, 1.82) is 0 Å². The van der Waals surface area contributed by atoms with Crippen LogP contribution in [-0.2, 0) is 19.2 Å². The third kappa shape index (κ3) is 11.1. The minimum atomic E-state index is -0.277. The monoisotopic (exact) mass is 692 g/mol. The van der Waals surface area contributed by atoms with Gasteiger partial charge in [-0.3, -0.25) is 0 Å². The minimum Gasteiger partial charge on any atom is -1.00 e. The number of allylic oxidation sites excluding steroid dienone is 2. The summed E-state index contributed by atoms with van der Waals surface area (Å²) in [6, 6.07) is 19.1. The standard InChI is InChI=1S/C21H32P.C17H24P.2ClH.Ti/c1-3-5-7-11-15-22(16-12-8-6-4-2)21-17-19-13-9-10-14-20(19)18-21;1-3-5-11-18(12-6-4-2)17-13-15-9-7-8-10-16(15)14-17;;;/h9-10,13-14,17-18H,3-8,11-12,15-16H2,1-2H3;7-10,13-14H,3-6,11-12H2,1-2H3;2*1H;/q;;;;+2/p-2. The van der Waals surface area contributed by atoms with Crippen LogP contribution in [0, 0.1) is 0 Å². The van der Waals surface area contributed by atoms with Crippen LogP contribution in [0.15, 0.2) is 59.2 Å². The summed E-state index contributed by atoms with van der Waals surface area (Å²) in [6.07, 6.45) is 27.9. The second kappa shape index (κ2) is 21.8. The molecule has 0 N–H and O–H groups in total. The first-order valence-electron chi connectivity index (χ1n) is 17.1. The maximum Gasteiger partial charge on any atom is -1.00 e. The predicted molar refractivity (Wildman–Crippen MR) is 186 cm³/mol. The number of benzene rings is 2. The zero-order chi connectivity index (χ0) is 28.9. The van der Waals surface area contributed by atoms with Crippen molar-refractivity contribution in [3.05, 3.63) is 81.4 Å². The third-order valence-electron chi connectivity index (χ3n) is 9.00. The van der Waals surface area contributed by atoms with Crippen LogP contribution in [0.25, 0.3) is 12.2 Å². The summed E-state index contributed by atoms with van der Waals surface area (Å²) >= 11 is -0.277. The fourth-order valence-corrected chi connectivity index (χ4v) is 17.3. The van der Waals surface area contributed by atoms with Crippen LogP contribution in [0.2, 0.25) is 0 Å². The van der Waals surface area contributed by atoms with E-state index in [-0.39, 0.29) is 59.8 Å². The van der Waals surface area contributed by atoms with E-state index in [1.807, 2.05) is 10.6 Å². The molecule has 2 atom stereocenters. The van der Waals surface area contributed by atoms with Crippen molar-refractivity contribution >= 4 is 28.0 Å². The molecule has 2 aromatic carbocycles. The molecule has 0 heterocycles. The molecule has 43 heavy (non-hydrogen) atoms. The number of hydrogen-bond donors (Lipinski definition) is 0. The summed E-state index contributed by atoms with van der Waals surface area (Å²) in [5.74, 6) is 0. The number of hydrogen-bond acceptors (Lipinski definition) is 0. The summed E-state index contributed by atoms with van der Waals surface area (Å²) in [5.41, 5.74) is 6.48. The van der Waals surface area contributed by atoms with Crippen LogP contribution in [0.3, 0.4) is 0 Å². The fraction of sp³-hybridized carbons (Fsp3) is 0.579. The van der Waals surface area contributed by atoms with Gasteiger partial charge in [-0.15, -0.1) is 0 Å². The van der Waals surface area contributed by atoms with Gasteiger partial charge in [0.1, 0.15) is 0 Å². The van der Waals surface area contributed by atoms with Crippen molar-refractivity contribution in [3.8, 4) is 0 Å². The summed E-state index contributed by atoms with van der Waals surface area (Å²) in [7, 11) is -0.0638. The van der Waals surface area contributed by atoms with E-state index in [0.29, 0.717) is 0 Å². The van der Waals surface area contributed by atoms with E-state index in [4.69, 9.17) is 0 Å². The first kappa shape index (κ1) is 39.3. The Hall–Kier alpha value is 0.0743. The van der Waals surface area contributed by atoms with Crippen LogP contribution >= 0.6 is 15.8 Å². The van der Waals surface area contributed by atoms with Crippen LogP contribution in [0.5, 0.6) is 0 Å². The van der Waals surface area contributed by atoms with Crippen LogP contribution in [0.4, 0.5) is 0 Å². The molecule has 0 radical (unpaired) electrons. The Morgan fingerprint density at radius 1 is 0.488 bits per heavy atom. The number of unbranched alkanes of at least 4 members (excludes halogenated alkanes) is 8. The molecular formula is C38H56Cl2P2Ti. The molecule has 236 valence electrons. The number of halogens is 2. The van der Waals surface area contributed by atoms with E-state index in [2.05, 4.69) is 88.4 Å². The summed E-state index contributed by atoms with van der Waals surface area (Å²) in [6.45, 7) is 9.47. The van der Waals surface area contributed by atoms with Crippen molar-refractivity contribution < 1.29 is 44.0 Å². The van der Waals surface area contributed by atoms with E-state index >= 15 is 0 Å². The topological polar surface area (TPSA) is 0 Å². The van der Waals surface area contributed by atoms with Crippen molar-refractivity contribution in [1.82, 2.24) is 0 Å². The van der Waals surface area contributed by atoms with Gasteiger partial charge in [-0.1, -0.05) is 0 Å². The third-order valence-corrected chi connectivity index (χ3v) is 18.4. The first-order valence-corrected chi connectivity index (χ1v) is 22.3. The minimum absolute atomic E-state index is 0. The van der Waals surface area contributed by atoms with E-state index in [1.165, 1.54) is 102 Å². The van der Waals surface area contributed by atoms with Crippen molar-refractivity contribution in [2.75, 3.05) is 24.6 Å². The molecular weight excluding hydrogens is 637 g/mol. The maximum absolute atomic E-state index is 2.72. The van der Waals surface area contributed by atoms with E-state index in [1.54, 1.807) is 22.3 Å². The molecule has 0 bridgehead atoms. The zero-order valence-electron chi connectivity index (χ0n) is 27.4. The Bertz CT molecular complexity index is 1110. The maximum atomic E-state index is 2.72. The number of fused-ring (bicyclic) bond motifs is 2. The molecule has 5 heteroatoms. The van der Waals surface area contributed by atoms with Crippen LogP contribution < -0.4 is 24.8 Å². The Morgan fingerprint density at radius 2 is 0.860 bits per heavy atom. The van der Waals surface area contributed by atoms with Crippen LogP contribution in [-0.4, -0.2) is 24.6 Å². The average Bonchev–Trinajstić information content (AvgIpc) is 3.55. The molecule has 4 rings (SSSR count). The molecule has 0 saturated heterocycles. The van der Waals surface area contributed by atoms with Crippen molar-refractivity contribution in [2.24, 2.45) is 0 Å². The Kier molecular flexibility index (Phi) is 19.9. The molecule has 0 amide bonds. The van der Waals surface area contributed by atoms with Crippen molar-refractivity contribution in [3.63, 3.8) is 0 Å². The van der Waals surface area contributed by atoms with Gasteiger partial charge in [0.05, 0.1) is 0 Å². The summed E-state index contributed by atoms with van der Waals surface area (Å²) in [4.78, 5) is 0. The van der Waals surface area contributed by atoms with E-state index in [9.17, 15) is 0 Å². The van der Waals surface area contributed by atoms with Gasteiger partial charge in [0.25, 0.3) is 0 Å². The quantitative estimate of drug-likeness (QED) is 0.0798. The normalized spacial score (nSPS) is 16.7. The second-order valence-corrected chi connectivity index (χ2v) is 19.5. The van der Waals surface area contributed by atoms with E-state index in [0.717, 1.165) is 8.45 Å². The molecule has 2 aliphatic carbocycles. The fourth-order valence-electron chi connectivity index (χ4n) is 6.58. The predicted octanol–water partition coefficient (Wildman–Crippen LogP) is 6.99. The van der Waals surface area contributed by atoms with Crippen molar-refractivity contribution in [2.45, 2.75) is 113 Å². The molecule has 2 unspecified atom stereocenters. The molecule has 0 saturated carbocycles. The van der Waals surface area contributed by atoms with Gasteiger partial charge in [0.2, 0.25) is 0 Å². The van der Waals surface area contributed by atoms with Gasteiger partial charge >= 0.3 is 266 Å². The first-order chi connectivity index (χ1) is 20.2. The summed E-state index contributed by atoms with van der Waals surface area (Å²) in [5, 5.41) is 3.80. The van der Waals surface area contributed by atoms with Gasteiger partial charge in [-0.2, -0.15) is 0 Å². The molecule has 2 aliphatic rings. The molecule has 0 aliphatic heterocycles. The average molecular weight is 694 g/mol. The molecule has 0 nitrogen and oxygen atoms in total. The smallest absolute Gasteiger partial charge is 1.00 e. The molecule has 2 aromatic rings. The SMILES string of the molecule is CCCCCCP(CCCCCC)C1=Cc2ccccc2[CH]1[Ti+2][CH]1C(P(CCCC)CCCC)=Cc2ccccc21.[Cl-].[Cl-]. The van der Waals surface area contributed by atoms with Gasteiger partial charge in [-0.05, 0) is 0 Å². The van der Waals surface area contributed by atoms with Gasteiger partial charge in [0.15, 0.2) is 0 Å². The van der Waals surface area contributed by atoms with Gasteiger partial charge < -0.3 is 24.8 Å².